The van der Waals surface area contributed by atoms with Crippen molar-refractivity contribution < 1.29 is 9.59 Å². The molecule has 1 heterocycles. The van der Waals surface area contributed by atoms with E-state index in [9.17, 15) is 9.59 Å². The summed E-state index contributed by atoms with van der Waals surface area (Å²) in [6, 6.07) is 3.87. The van der Waals surface area contributed by atoms with Crippen LogP contribution in [-0.2, 0) is 4.79 Å². The molecule has 1 aliphatic carbocycles. The molecule has 0 spiro atoms. The lowest BCUT2D eigenvalue weighted by Gasteiger charge is -2.11. The average molecular weight is 252 g/mol. The Morgan fingerprint density at radius 3 is 2.76 bits per heavy atom. The van der Waals surface area contributed by atoms with Gasteiger partial charge in [0, 0.05) is 6.04 Å². The highest BCUT2D eigenvalue weighted by Crippen LogP contribution is 2.17. The van der Waals surface area contributed by atoms with E-state index < -0.39 is 0 Å². The molecule has 1 saturated carbocycles. The van der Waals surface area contributed by atoms with E-state index in [0.29, 0.717) is 10.9 Å². The quantitative estimate of drug-likeness (QED) is 0.854. The minimum atomic E-state index is -0.179. The van der Waals surface area contributed by atoms with Crippen molar-refractivity contribution in [3.63, 3.8) is 0 Å². The standard InChI is InChI=1S/C12H16N2O2S/c15-11(14-9-4-1-2-5-9)8-13-12(16)10-6-3-7-17-10/h3,6-7,9H,1-2,4-5,8H2,(H,13,16)(H,14,15). The molecule has 0 atom stereocenters. The number of carbonyl (C=O) groups is 2. The monoisotopic (exact) mass is 252 g/mol. The Morgan fingerprint density at radius 2 is 2.12 bits per heavy atom. The topological polar surface area (TPSA) is 58.2 Å². The number of thiophene rings is 1. The average Bonchev–Trinajstić information content (AvgIpc) is 2.97. The zero-order valence-corrected chi connectivity index (χ0v) is 10.4. The second kappa shape index (κ2) is 5.82. The molecule has 2 amide bonds. The van der Waals surface area contributed by atoms with Gasteiger partial charge in [0.2, 0.25) is 5.91 Å². The summed E-state index contributed by atoms with van der Waals surface area (Å²) in [5.41, 5.74) is 0. The van der Waals surface area contributed by atoms with Gasteiger partial charge in [-0.1, -0.05) is 18.9 Å². The third-order valence-corrected chi connectivity index (χ3v) is 3.74. The van der Waals surface area contributed by atoms with Gasteiger partial charge in [0.25, 0.3) is 5.91 Å². The lowest BCUT2D eigenvalue weighted by Crippen LogP contribution is -2.40. The number of carbonyl (C=O) groups excluding carboxylic acids is 2. The Balaban J connectivity index is 1.70. The Morgan fingerprint density at radius 1 is 1.35 bits per heavy atom. The van der Waals surface area contributed by atoms with Crippen molar-refractivity contribution in [1.29, 1.82) is 0 Å². The molecule has 1 aliphatic rings. The van der Waals surface area contributed by atoms with E-state index in [4.69, 9.17) is 0 Å². The molecule has 1 aromatic heterocycles. The number of amides is 2. The molecule has 17 heavy (non-hydrogen) atoms. The van der Waals surface area contributed by atoms with Gasteiger partial charge in [-0.2, -0.15) is 0 Å². The lowest BCUT2D eigenvalue weighted by molar-refractivity contribution is -0.120. The van der Waals surface area contributed by atoms with Gasteiger partial charge < -0.3 is 10.6 Å². The van der Waals surface area contributed by atoms with Crippen LogP contribution in [0.25, 0.3) is 0 Å². The van der Waals surface area contributed by atoms with Crippen LogP contribution in [0, 0.1) is 0 Å². The molecule has 1 aromatic rings. The highest BCUT2D eigenvalue weighted by molar-refractivity contribution is 7.12. The Labute approximate surface area is 104 Å². The van der Waals surface area contributed by atoms with Crippen LogP contribution in [0.2, 0.25) is 0 Å². The Hall–Kier alpha value is -1.36. The highest BCUT2D eigenvalue weighted by atomic mass is 32.1. The fourth-order valence-electron chi connectivity index (χ4n) is 2.00. The summed E-state index contributed by atoms with van der Waals surface area (Å²) in [6.45, 7) is 0.0627. The number of hydrogen-bond donors (Lipinski definition) is 2. The van der Waals surface area contributed by atoms with Crippen LogP contribution < -0.4 is 10.6 Å². The molecule has 4 nitrogen and oxygen atoms in total. The zero-order chi connectivity index (χ0) is 12.1. The molecule has 92 valence electrons. The van der Waals surface area contributed by atoms with Crippen molar-refractivity contribution in [2.75, 3.05) is 6.54 Å². The number of hydrogen-bond acceptors (Lipinski definition) is 3. The number of rotatable bonds is 4. The van der Waals surface area contributed by atoms with Gasteiger partial charge in [0.05, 0.1) is 11.4 Å². The SMILES string of the molecule is O=C(CNC(=O)c1cccs1)NC1CCCC1. The minimum absolute atomic E-state index is 0.0627. The largest absolute Gasteiger partial charge is 0.352 e. The van der Waals surface area contributed by atoms with Crippen molar-refractivity contribution in [3.8, 4) is 0 Å². The summed E-state index contributed by atoms with van der Waals surface area (Å²) >= 11 is 1.37. The van der Waals surface area contributed by atoms with E-state index in [-0.39, 0.29) is 18.4 Å². The summed E-state index contributed by atoms with van der Waals surface area (Å²) in [6.07, 6.45) is 4.49. The van der Waals surface area contributed by atoms with E-state index in [0.717, 1.165) is 12.8 Å². The van der Waals surface area contributed by atoms with Crippen LogP contribution >= 0.6 is 11.3 Å². The van der Waals surface area contributed by atoms with Gasteiger partial charge in [0.15, 0.2) is 0 Å². The van der Waals surface area contributed by atoms with Crippen molar-refractivity contribution in [2.24, 2.45) is 0 Å². The molecule has 0 aliphatic heterocycles. The van der Waals surface area contributed by atoms with E-state index in [1.54, 1.807) is 6.07 Å². The molecule has 0 saturated heterocycles. The lowest BCUT2D eigenvalue weighted by atomic mass is 10.2. The summed E-state index contributed by atoms with van der Waals surface area (Å²) < 4.78 is 0. The molecule has 0 aromatic carbocycles. The van der Waals surface area contributed by atoms with E-state index >= 15 is 0 Å². The molecule has 2 N–H and O–H groups in total. The Kier molecular flexibility index (Phi) is 4.14. The minimum Gasteiger partial charge on any atom is -0.352 e. The predicted molar refractivity (Wildman–Crippen MR) is 67.1 cm³/mol. The summed E-state index contributed by atoms with van der Waals surface area (Å²) in [7, 11) is 0. The molecule has 1 fully saturated rings. The van der Waals surface area contributed by atoms with Crippen LogP contribution in [-0.4, -0.2) is 24.4 Å². The first-order valence-electron chi connectivity index (χ1n) is 5.87. The molecular formula is C12H16N2O2S. The summed E-state index contributed by atoms with van der Waals surface area (Å²) in [5, 5.41) is 7.39. The normalized spacial score (nSPS) is 15.8. The Bertz CT molecular complexity index is 383. The maximum absolute atomic E-state index is 11.6. The molecular weight excluding hydrogens is 236 g/mol. The van der Waals surface area contributed by atoms with E-state index in [1.165, 1.54) is 24.2 Å². The van der Waals surface area contributed by atoms with Crippen LogP contribution in [0.15, 0.2) is 17.5 Å². The predicted octanol–water partition coefficient (Wildman–Crippen LogP) is 1.54. The van der Waals surface area contributed by atoms with Gasteiger partial charge in [-0.25, -0.2) is 0 Å². The van der Waals surface area contributed by atoms with Gasteiger partial charge in [0.1, 0.15) is 0 Å². The van der Waals surface area contributed by atoms with Crippen LogP contribution in [0.1, 0.15) is 35.4 Å². The van der Waals surface area contributed by atoms with Crippen LogP contribution in [0.3, 0.4) is 0 Å². The summed E-state index contributed by atoms with van der Waals surface area (Å²) in [4.78, 5) is 23.8. The van der Waals surface area contributed by atoms with Crippen LogP contribution in [0.5, 0.6) is 0 Å². The third-order valence-electron chi connectivity index (χ3n) is 2.87. The fourth-order valence-corrected chi connectivity index (χ4v) is 2.64. The first kappa shape index (κ1) is 12.1. The zero-order valence-electron chi connectivity index (χ0n) is 9.57. The summed E-state index contributed by atoms with van der Waals surface area (Å²) in [5.74, 6) is -0.275. The maximum atomic E-state index is 11.6. The first-order valence-corrected chi connectivity index (χ1v) is 6.75. The molecule has 0 unspecified atom stereocenters. The third kappa shape index (κ3) is 3.56. The van der Waals surface area contributed by atoms with Crippen LogP contribution in [0.4, 0.5) is 0 Å². The van der Waals surface area contributed by atoms with E-state index in [1.807, 2.05) is 11.4 Å². The van der Waals surface area contributed by atoms with Gasteiger partial charge in [-0.3, -0.25) is 9.59 Å². The van der Waals surface area contributed by atoms with Crippen molar-refractivity contribution >= 4 is 23.2 Å². The fraction of sp³-hybridized carbons (Fsp3) is 0.500. The van der Waals surface area contributed by atoms with Crippen molar-refractivity contribution in [2.45, 2.75) is 31.7 Å². The van der Waals surface area contributed by atoms with Crippen molar-refractivity contribution in [3.05, 3.63) is 22.4 Å². The first-order chi connectivity index (χ1) is 8.25. The van der Waals surface area contributed by atoms with Gasteiger partial charge in [-0.15, -0.1) is 11.3 Å². The number of nitrogens with one attached hydrogen (secondary N) is 2. The second-order valence-corrected chi connectivity index (χ2v) is 5.16. The molecule has 5 heteroatoms. The maximum Gasteiger partial charge on any atom is 0.261 e. The molecule has 0 radical (unpaired) electrons. The highest BCUT2D eigenvalue weighted by Gasteiger charge is 2.17. The van der Waals surface area contributed by atoms with Gasteiger partial charge in [-0.05, 0) is 24.3 Å². The second-order valence-electron chi connectivity index (χ2n) is 4.21. The smallest absolute Gasteiger partial charge is 0.261 e. The molecule has 2 rings (SSSR count). The van der Waals surface area contributed by atoms with E-state index in [2.05, 4.69) is 10.6 Å². The van der Waals surface area contributed by atoms with Crippen molar-refractivity contribution in [1.82, 2.24) is 10.6 Å². The van der Waals surface area contributed by atoms with Gasteiger partial charge >= 0.3 is 0 Å². The molecule has 0 bridgehead atoms.